The van der Waals surface area contributed by atoms with Gasteiger partial charge in [0.2, 0.25) is 10.3 Å². The standard InChI is InChI=1S/C6H7F3N4O2S/c7-6(8,9)2-15-1-3(14)11-5-13-12-4(10)16-5/h1-2H2,(H2,10,12)(H,11,13,14). The minimum Gasteiger partial charge on any atom is -0.374 e. The van der Waals surface area contributed by atoms with Crippen molar-refractivity contribution in [1.82, 2.24) is 10.2 Å². The lowest BCUT2D eigenvalue weighted by molar-refractivity contribution is -0.174. The van der Waals surface area contributed by atoms with Crippen LogP contribution in [0.3, 0.4) is 0 Å². The first-order chi connectivity index (χ1) is 7.37. The summed E-state index contributed by atoms with van der Waals surface area (Å²) in [5.41, 5.74) is 5.23. The van der Waals surface area contributed by atoms with Crippen LogP contribution in [0.5, 0.6) is 0 Å². The second kappa shape index (κ2) is 5.07. The van der Waals surface area contributed by atoms with E-state index in [4.69, 9.17) is 5.73 Å². The van der Waals surface area contributed by atoms with Gasteiger partial charge in [0.25, 0.3) is 5.91 Å². The number of halogens is 3. The quantitative estimate of drug-likeness (QED) is 0.824. The molecular formula is C6H7F3N4O2S. The Morgan fingerprint density at radius 2 is 2.19 bits per heavy atom. The molecule has 6 nitrogen and oxygen atoms in total. The van der Waals surface area contributed by atoms with E-state index < -0.39 is 25.3 Å². The largest absolute Gasteiger partial charge is 0.411 e. The van der Waals surface area contributed by atoms with E-state index >= 15 is 0 Å². The van der Waals surface area contributed by atoms with Gasteiger partial charge in [-0.2, -0.15) is 13.2 Å². The van der Waals surface area contributed by atoms with Crippen molar-refractivity contribution in [3.63, 3.8) is 0 Å². The van der Waals surface area contributed by atoms with Crippen molar-refractivity contribution in [2.75, 3.05) is 24.3 Å². The third-order valence-electron chi connectivity index (χ3n) is 1.19. The molecule has 0 spiro atoms. The number of hydrogen-bond donors (Lipinski definition) is 2. The number of ether oxygens (including phenoxy) is 1. The molecule has 0 aliphatic heterocycles. The van der Waals surface area contributed by atoms with Gasteiger partial charge in [0.05, 0.1) is 0 Å². The van der Waals surface area contributed by atoms with E-state index in [2.05, 4.69) is 20.3 Å². The Balaban J connectivity index is 2.26. The first-order valence-corrected chi connectivity index (χ1v) is 4.72. The van der Waals surface area contributed by atoms with Crippen LogP contribution in [0.1, 0.15) is 0 Å². The number of rotatable bonds is 4. The molecular weight excluding hydrogens is 249 g/mol. The maximum atomic E-state index is 11.6. The third-order valence-corrected chi connectivity index (χ3v) is 1.85. The fourth-order valence-electron chi connectivity index (χ4n) is 0.700. The molecule has 1 rings (SSSR count). The van der Waals surface area contributed by atoms with Crippen molar-refractivity contribution in [1.29, 1.82) is 0 Å². The Labute approximate surface area is 91.6 Å². The minimum atomic E-state index is -4.45. The van der Waals surface area contributed by atoms with Gasteiger partial charge in [-0.1, -0.05) is 11.3 Å². The summed E-state index contributed by atoms with van der Waals surface area (Å²) < 4.78 is 39.1. The zero-order valence-corrected chi connectivity index (χ0v) is 8.56. The zero-order valence-electron chi connectivity index (χ0n) is 7.74. The SMILES string of the molecule is Nc1nnc(NC(=O)COCC(F)(F)F)s1. The van der Waals surface area contributed by atoms with Crippen molar-refractivity contribution in [2.24, 2.45) is 0 Å². The van der Waals surface area contributed by atoms with Gasteiger partial charge in [-0.3, -0.25) is 10.1 Å². The Kier molecular flexibility index (Phi) is 4.01. The second-order valence-corrected chi connectivity index (χ2v) is 3.61. The highest BCUT2D eigenvalue weighted by Gasteiger charge is 2.27. The van der Waals surface area contributed by atoms with Crippen molar-refractivity contribution in [2.45, 2.75) is 6.18 Å². The summed E-state index contributed by atoms with van der Waals surface area (Å²) in [5, 5.41) is 9.28. The average molecular weight is 256 g/mol. The molecule has 0 fully saturated rings. The number of carbonyl (C=O) groups excluding carboxylic acids is 1. The summed E-state index contributed by atoms with van der Waals surface area (Å²) in [4.78, 5) is 11.0. The van der Waals surface area contributed by atoms with Gasteiger partial charge in [0.1, 0.15) is 13.2 Å². The molecule has 0 atom stereocenters. The number of nitrogens with zero attached hydrogens (tertiary/aromatic N) is 2. The smallest absolute Gasteiger partial charge is 0.374 e. The molecule has 16 heavy (non-hydrogen) atoms. The maximum absolute atomic E-state index is 11.6. The fraction of sp³-hybridized carbons (Fsp3) is 0.500. The molecule has 0 aliphatic rings. The highest BCUT2D eigenvalue weighted by atomic mass is 32.1. The fourth-order valence-corrected chi connectivity index (χ4v) is 1.23. The van der Waals surface area contributed by atoms with Crippen LogP contribution in [0.25, 0.3) is 0 Å². The lowest BCUT2D eigenvalue weighted by Crippen LogP contribution is -2.23. The van der Waals surface area contributed by atoms with Crippen LogP contribution < -0.4 is 11.1 Å². The predicted molar refractivity (Wildman–Crippen MR) is 49.8 cm³/mol. The highest BCUT2D eigenvalue weighted by Crippen LogP contribution is 2.16. The second-order valence-electron chi connectivity index (χ2n) is 2.60. The van der Waals surface area contributed by atoms with E-state index in [0.717, 1.165) is 11.3 Å². The molecule has 3 N–H and O–H groups in total. The van der Waals surface area contributed by atoms with E-state index in [9.17, 15) is 18.0 Å². The van der Waals surface area contributed by atoms with Crippen LogP contribution in [-0.2, 0) is 9.53 Å². The van der Waals surface area contributed by atoms with E-state index in [1.807, 2.05) is 0 Å². The maximum Gasteiger partial charge on any atom is 0.411 e. The number of nitrogen functional groups attached to an aromatic ring is 1. The van der Waals surface area contributed by atoms with E-state index in [0.29, 0.717) is 0 Å². The lowest BCUT2D eigenvalue weighted by Gasteiger charge is -2.06. The van der Waals surface area contributed by atoms with E-state index in [1.165, 1.54) is 0 Å². The molecule has 1 heterocycles. The number of carbonyl (C=O) groups is 1. The minimum absolute atomic E-state index is 0.109. The molecule has 10 heteroatoms. The van der Waals surface area contributed by atoms with Crippen LogP contribution in [0.15, 0.2) is 0 Å². The molecule has 0 saturated carbocycles. The first kappa shape index (κ1) is 12.6. The number of alkyl halides is 3. The van der Waals surface area contributed by atoms with Gasteiger partial charge >= 0.3 is 6.18 Å². The van der Waals surface area contributed by atoms with Gasteiger partial charge in [-0.05, 0) is 0 Å². The molecule has 0 radical (unpaired) electrons. The predicted octanol–water partition coefficient (Wildman–Crippen LogP) is 0.638. The number of hydrogen-bond acceptors (Lipinski definition) is 6. The van der Waals surface area contributed by atoms with Crippen LogP contribution in [0.4, 0.5) is 23.4 Å². The van der Waals surface area contributed by atoms with Crippen molar-refractivity contribution >= 4 is 27.5 Å². The normalized spacial score (nSPS) is 11.4. The van der Waals surface area contributed by atoms with Gasteiger partial charge in [-0.25, -0.2) is 0 Å². The molecule has 1 aromatic heterocycles. The molecule has 0 aliphatic carbocycles. The Bertz CT molecular complexity index is 367. The lowest BCUT2D eigenvalue weighted by atomic mass is 10.6. The summed E-state index contributed by atoms with van der Waals surface area (Å²) in [5.74, 6) is -0.750. The Morgan fingerprint density at radius 1 is 1.50 bits per heavy atom. The van der Waals surface area contributed by atoms with Crippen molar-refractivity contribution in [3.8, 4) is 0 Å². The van der Waals surface area contributed by atoms with Crippen LogP contribution in [-0.4, -0.2) is 35.5 Å². The summed E-state index contributed by atoms with van der Waals surface area (Å²) in [6.07, 6.45) is -4.45. The first-order valence-electron chi connectivity index (χ1n) is 3.90. The number of amides is 1. The number of aromatic nitrogens is 2. The summed E-state index contributed by atoms with van der Waals surface area (Å²) in [7, 11) is 0. The van der Waals surface area contributed by atoms with E-state index in [1.54, 1.807) is 0 Å². The highest BCUT2D eigenvalue weighted by molar-refractivity contribution is 7.18. The monoisotopic (exact) mass is 256 g/mol. The molecule has 1 aromatic rings. The number of nitrogens with one attached hydrogen (secondary N) is 1. The summed E-state index contributed by atoms with van der Waals surface area (Å²) >= 11 is 0.901. The molecule has 1 amide bonds. The third kappa shape index (κ3) is 4.89. The number of anilines is 2. The van der Waals surface area contributed by atoms with Crippen LogP contribution >= 0.6 is 11.3 Å². The Hall–Kier alpha value is -1.42. The molecule has 0 bridgehead atoms. The van der Waals surface area contributed by atoms with Gasteiger partial charge in [0, 0.05) is 0 Å². The van der Waals surface area contributed by atoms with Crippen LogP contribution in [0.2, 0.25) is 0 Å². The molecule has 0 unspecified atom stereocenters. The topological polar surface area (TPSA) is 90.1 Å². The van der Waals surface area contributed by atoms with E-state index in [-0.39, 0.29) is 10.3 Å². The van der Waals surface area contributed by atoms with Crippen LogP contribution in [0, 0.1) is 0 Å². The van der Waals surface area contributed by atoms with Gasteiger partial charge in [-0.15, -0.1) is 10.2 Å². The molecule has 0 aromatic carbocycles. The van der Waals surface area contributed by atoms with Crippen molar-refractivity contribution < 1.29 is 22.7 Å². The summed E-state index contributed by atoms with van der Waals surface area (Å²) in [6.45, 7) is -2.18. The average Bonchev–Trinajstić information content (AvgIpc) is 2.48. The number of nitrogens with two attached hydrogens (primary N) is 1. The Morgan fingerprint density at radius 3 is 2.69 bits per heavy atom. The molecule has 0 saturated heterocycles. The zero-order chi connectivity index (χ0) is 12.2. The van der Waals surface area contributed by atoms with Gasteiger partial charge < -0.3 is 10.5 Å². The summed E-state index contributed by atoms with van der Waals surface area (Å²) in [6, 6.07) is 0. The molecule has 90 valence electrons. The van der Waals surface area contributed by atoms with Crippen molar-refractivity contribution in [3.05, 3.63) is 0 Å². The van der Waals surface area contributed by atoms with Gasteiger partial charge in [0.15, 0.2) is 0 Å².